The van der Waals surface area contributed by atoms with E-state index in [9.17, 15) is 14.4 Å². The standard InChI is InChI=1S/C23H30N2O4/c1-25(14-20(26)27)21(28)19(10-15-5-3-2-4-6-15)24-22(29)23-11-16-7-17(12-23)9-18(8-16)13-23/h2-6,16-19H,7-14H2,1H3,(H,24,29)(H,26,27). The summed E-state index contributed by atoms with van der Waals surface area (Å²) in [5.74, 6) is 0.510. The van der Waals surface area contributed by atoms with Gasteiger partial charge in [-0.2, -0.15) is 0 Å². The molecule has 6 heteroatoms. The van der Waals surface area contributed by atoms with E-state index < -0.39 is 12.0 Å². The van der Waals surface area contributed by atoms with Crippen LogP contribution in [0, 0.1) is 23.2 Å². The third kappa shape index (κ3) is 4.16. The van der Waals surface area contributed by atoms with Crippen LogP contribution in [0.3, 0.4) is 0 Å². The Morgan fingerprint density at radius 2 is 1.62 bits per heavy atom. The van der Waals surface area contributed by atoms with Gasteiger partial charge in [-0.1, -0.05) is 30.3 Å². The summed E-state index contributed by atoms with van der Waals surface area (Å²) in [6, 6.07) is 8.81. The van der Waals surface area contributed by atoms with Gasteiger partial charge in [-0.15, -0.1) is 0 Å². The van der Waals surface area contributed by atoms with Crippen LogP contribution in [0.1, 0.15) is 44.1 Å². The maximum absolute atomic E-state index is 13.4. The molecule has 0 saturated heterocycles. The second kappa shape index (κ2) is 7.81. The zero-order chi connectivity index (χ0) is 20.6. The second-order valence-electron chi connectivity index (χ2n) is 9.50. The molecule has 0 aromatic heterocycles. The van der Waals surface area contributed by atoms with Gasteiger partial charge in [-0.05, 0) is 61.8 Å². The minimum atomic E-state index is -1.06. The van der Waals surface area contributed by atoms with Gasteiger partial charge >= 0.3 is 5.97 Å². The van der Waals surface area contributed by atoms with Gasteiger partial charge in [0.2, 0.25) is 11.8 Å². The Morgan fingerprint density at radius 3 is 2.14 bits per heavy atom. The molecule has 4 aliphatic rings. The van der Waals surface area contributed by atoms with E-state index in [4.69, 9.17) is 5.11 Å². The van der Waals surface area contributed by atoms with Crippen LogP contribution in [0.15, 0.2) is 30.3 Å². The first-order valence-electron chi connectivity index (χ1n) is 10.7. The number of likely N-dealkylation sites (N-methyl/N-ethyl adjacent to an activating group) is 1. The third-order valence-electron chi connectivity index (χ3n) is 7.15. The fraction of sp³-hybridized carbons (Fsp3) is 0.609. The molecule has 1 unspecified atom stereocenters. The van der Waals surface area contributed by atoms with Crippen LogP contribution in [0.4, 0.5) is 0 Å². The number of amides is 2. The van der Waals surface area contributed by atoms with Crippen molar-refractivity contribution in [1.82, 2.24) is 10.2 Å². The van der Waals surface area contributed by atoms with E-state index in [1.165, 1.54) is 31.2 Å². The molecule has 5 rings (SSSR count). The van der Waals surface area contributed by atoms with E-state index in [0.717, 1.165) is 24.8 Å². The Balaban J connectivity index is 1.52. The van der Waals surface area contributed by atoms with Crippen molar-refractivity contribution in [3.05, 3.63) is 35.9 Å². The highest BCUT2D eigenvalue weighted by Crippen LogP contribution is 2.60. The van der Waals surface area contributed by atoms with Crippen LogP contribution in [-0.4, -0.2) is 47.4 Å². The third-order valence-corrected chi connectivity index (χ3v) is 7.15. The van der Waals surface area contributed by atoms with E-state index in [0.29, 0.717) is 24.2 Å². The van der Waals surface area contributed by atoms with Gasteiger partial charge in [0.1, 0.15) is 12.6 Å². The van der Waals surface area contributed by atoms with Crippen molar-refractivity contribution in [2.45, 2.75) is 51.0 Å². The smallest absolute Gasteiger partial charge is 0.323 e. The normalized spacial score (nSPS) is 30.6. The summed E-state index contributed by atoms with van der Waals surface area (Å²) in [6.45, 7) is -0.378. The molecule has 4 saturated carbocycles. The number of carbonyl (C=O) groups excluding carboxylic acids is 2. The van der Waals surface area contributed by atoms with Crippen molar-refractivity contribution in [2.24, 2.45) is 23.2 Å². The first-order valence-corrected chi connectivity index (χ1v) is 10.7. The van der Waals surface area contributed by atoms with Gasteiger partial charge in [-0.25, -0.2) is 0 Å². The monoisotopic (exact) mass is 398 g/mol. The summed E-state index contributed by atoms with van der Waals surface area (Å²) in [4.78, 5) is 38.7. The first kappa shape index (κ1) is 19.9. The first-order chi connectivity index (χ1) is 13.8. The van der Waals surface area contributed by atoms with Crippen molar-refractivity contribution >= 4 is 17.8 Å². The van der Waals surface area contributed by atoms with Gasteiger partial charge in [0.25, 0.3) is 0 Å². The lowest BCUT2D eigenvalue weighted by atomic mass is 9.49. The second-order valence-corrected chi connectivity index (χ2v) is 9.50. The fourth-order valence-electron chi connectivity index (χ4n) is 6.30. The van der Waals surface area contributed by atoms with E-state index in [-0.39, 0.29) is 23.8 Å². The predicted octanol–water partition coefficient (Wildman–Crippen LogP) is 2.47. The number of benzene rings is 1. The molecule has 0 radical (unpaired) electrons. The fourth-order valence-corrected chi connectivity index (χ4v) is 6.30. The Bertz CT molecular complexity index is 756. The lowest BCUT2D eigenvalue weighted by Gasteiger charge is -2.55. The summed E-state index contributed by atoms with van der Waals surface area (Å²) in [5.41, 5.74) is 0.607. The van der Waals surface area contributed by atoms with Gasteiger partial charge in [0, 0.05) is 18.9 Å². The minimum Gasteiger partial charge on any atom is -0.480 e. The van der Waals surface area contributed by atoms with E-state index in [1.54, 1.807) is 0 Å². The molecule has 156 valence electrons. The zero-order valence-corrected chi connectivity index (χ0v) is 17.0. The van der Waals surface area contributed by atoms with Gasteiger partial charge in [-0.3, -0.25) is 14.4 Å². The molecule has 4 fully saturated rings. The average Bonchev–Trinajstić information content (AvgIpc) is 2.66. The van der Waals surface area contributed by atoms with Crippen molar-refractivity contribution < 1.29 is 19.5 Å². The molecule has 0 heterocycles. The molecule has 1 aromatic rings. The molecule has 1 atom stereocenters. The highest BCUT2D eigenvalue weighted by molar-refractivity contribution is 5.91. The van der Waals surface area contributed by atoms with Crippen molar-refractivity contribution in [2.75, 3.05) is 13.6 Å². The highest BCUT2D eigenvalue weighted by atomic mass is 16.4. The van der Waals surface area contributed by atoms with E-state index in [1.807, 2.05) is 30.3 Å². The molecule has 2 amide bonds. The molecule has 4 bridgehead atoms. The Hall–Kier alpha value is -2.37. The maximum Gasteiger partial charge on any atom is 0.323 e. The lowest BCUT2D eigenvalue weighted by Crippen LogP contribution is -2.58. The summed E-state index contributed by atoms with van der Waals surface area (Å²) in [6.07, 6.45) is 6.91. The summed E-state index contributed by atoms with van der Waals surface area (Å²) < 4.78 is 0. The van der Waals surface area contributed by atoms with Crippen LogP contribution in [0.5, 0.6) is 0 Å². The van der Waals surface area contributed by atoms with Crippen molar-refractivity contribution in [3.8, 4) is 0 Å². The largest absolute Gasteiger partial charge is 0.480 e. The van der Waals surface area contributed by atoms with Crippen LogP contribution >= 0.6 is 0 Å². The number of carboxylic acids is 1. The number of hydrogen-bond donors (Lipinski definition) is 2. The molecule has 29 heavy (non-hydrogen) atoms. The minimum absolute atomic E-state index is 0.00499. The lowest BCUT2D eigenvalue weighted by molar-refractivity contribution is -0.150. The SMILES string of the molecule is CN(CC(=O)O)C(=O)C(Cc1ccccc1)NC(=O)C12CC3CC(CC(C3)C1)C2. The van der Waals surface area contributed by atoms with Crippen LogP contribution in [0.2, 0.25) is 0 Å². The molecule has 6 nitrogen and oxygen atoms in total. The van der Waals surface area contributed by atoms with Crippen molar-refractivity contribution in [3.63, 3.8) is 0 Å². The highest BCUT2D eigenvalue weighted by Gasteiger charge is 2.55. The van der Waals surface area contributed by atoms with Crippen LogP contribution in [-0.2, 0) is 20.8 Å². The quantitative estimate of drug-likeness (QED) is 0.739. The van der Waals surface area contributed by atoms with Crippen LogP contribution < -0.4 is 5.32 Å². The molecular weight excluding hydrogens is 368 g/mol. The summed E-state index contributed by atoms with van der Waals surface area (Å²) in [7, 11) is 1.48. The topological polar surface area (TPSA) is 86.7 Å². The number of nitrogens with one attached hydrogen (secondary N) is 1. The number of rotatable bonds is 7. The Morgan fingerprint density at radius 1 is 1.07 bits per heavy atom. The molecule has 0 aliphatic heterocycles. The predicted molar refractivity (Wildman–Crippen MR) is 108 cm³/mol. The van der Waals surface area contributed by atoms with Gasteiger partial charge < -0.3 is 15.3 Å². The molecule has 0 spiro atoms. The number of carbonyl (C=O) groups is 3. The van der Waals surface area contributed by atoms with E-state index >= 15 is 0 Å². The Labute approximate surface area is 171 Å². The van der Waals surface area contributed by atoms with Gasteiger partial charge in [0.05, 0.1) is 0 Å². The molecular formula is C23H30N2O4. The molecule has 2 N–H and O–H groups in total. The number of aliphatic carboxylic acids is 1. The molecule has 4 aliphatic carbocycles. The number of nitrogens with zero attached hydrogens (tertiary/aromatic N) is 1. The summed E-state index contributed by atoms with van der Waals surface area (Å²) >= 11 is 0. The number of carboxylic acid groups (broad SMARTS) is 1. The number of hydrogen-bond acceptors (Lipinski definition) is 3. The average molecular weight is 399 g/mol. The Kier molecular flexibility index (Phi) is 5.36. The van der Waals surface area contributed by atoms with Crippen LogP contribution in [0.25, 0.3) is 0 Å². The molecule has 1 aromatic carbocycles. The zero-order valence-electron chi connectivity index (χ0n) is 17.0. The van der Waals surface area contributed by atoms with E-state index in [2.05, 4.69) is 5.32 Å². The summed E-state index contributed by atoms with van der Waals surface area (Å²) in [5, 5.41) is 12.1. The van der Waals surface area contributed by atoms with Gasteiger partial charge in [0.15, 0.2) is 0 Å². The maximum atomic E-state index is 13.4. The van der Waals surface area contributed by atoms with Crippen molar-refractivity contribution in [1.29, 1.82) is 0 Å².